The van der Waals surface area contributed by atoms with Gasteiger partial charge in [0.2, 0.25) is 0 Å². The first-order valence-corrected chi connectivity index (χ1v) is 8.53. The first-order chi connectivity index (χ1) is 10.5. The SMILES string of the molecule is Cc1ccc(S(=O)(=O)Nc2cccc3c(C)cccc23)cc1. The Balaban J connectivity index is 2.06. The van der Waals surface area contributed by atoms with E-state index in [2.05, 4.69) is 4.72 Å². The number of fused-ring (bicyclic) bond motifs is 1. The van der Waals surface area contributed by atoms with Crippen molar-refractivity contribution in [2.24, 2.45) is 0 Å². The summed E-state index contributed by atoms with van der Waals surface area (Å²) in [5, 5.41) is 1.95. The summed E-state index contributed by atoms with van der Waals surface area (Å²) in [6.45, 7) is 3.94. The summed E-state index contributed by atoms with van der Waals surface area (Å²) in [5.41, 5.74) is 2.75. The zero-order chi connectivity index (χ0) is 15.7. The van der Waals surface area contributed by atoms with Crippen LogP contribution >= 0.6 is 0 Å². The van der Waals surface area contributed by atoms with Crippen molar-refractivity contribution in [2.45, 2.75) is 18.7 Å². The fourth-order valence-electron chi connectivity index (χ4n) is 2.48. The molecule has 0 radical (unpaired) electrons. The van der Waals surface area contributed by atoms with Crippen molar-refractivity contribution in [2.75, 3.05) is 4.72 Å². The van der Waals surface area contributed by atoms with E-state index in [9.17, 15) is 8.42 Å². The minimum absolute atomic E-state index is 0.266. The number of nitrogens with one attached hydrogen (secondary N) is 1. The quantitative estimate of drug-likeness (QED) is 0.785. The maximum atomic E-state index is 12.5. The van der Waals surface area contributed by atoms with Crippen LogP contribution in [0.1, 0.15) is 11.1 Å². The average molecular weight is 311 g/mol. The van der Waals surface area contributed by atoms with Crippen LogP contribution in [0.2, 0.25) is 0 Å². The highest BCUT2D eigenvalue weighted by molar-refractivity contribution is 7.92. The fraction of sp³-hybridized carbons (Fsp3) is 0.111. The number of benzene rings is 3. The van der Waals surface area contributed by atoms with Crippen molar-refractivity contribution < 1.29 is 8.42 Å². The van der Waals surface area contributed by atoms with E-state index in [4.69, 9.17) is 0 Å². The molecule has 3 aromatic rings. The molecule has 1 N–H and O–H groups in total. The molecule has 3 rings (SSSR count). The van der Waals surface area contributed by atoms with E-state index in [0.29, 0.717) is 5.69 Å². The molecule has 0 aromatic heterocycles. The predicted octanol–water partition coefficient (Wildman–Crippen LogP) is 4.26. The third kappa shape index (κ3) is 2.70. The lowest BCUT2D eigenvalue weighted by molar-refractivity contribution is 0.601. The third-order valence-corrected chi connectivity index (χ3v) is 5.10. The largest absolute Gasteiger partial charge is 0.279 e. The van der Waals surface area contributed by atoms with Crippen LogP contribution in [0.3, 0.4) is 0 Å². The van der Waals surface area contributed by atoms with Gasteiger partial charge in [-0.15, -0.1) is 0 Å². The average Bonchev–Trinajstić information content (AvgIpc) is 2.48. The predicted molar refractivity (Wildman–Crippen MR) is 90.7 cm³/mol. The number of hydrogen-bond donors (Lipinski definition) is 1. The smallest absolute Gasteiger partial charge is 0.261 e. The van der Waals surface area contributed by atoms with Crippen molar-refractivity contribution in [3.63, 3.8) is 0 Å². The van der Waals surface area contributed by atoms with Gasteiger partial charge in [0.15, 0.2) is 0 Å². The van der Waals surface area contributed by atoms with Gasteiger partial charge in [-0.25, -0.2) is 8.42 Å². The molecule has 0 bridgehead atoms. The molecule has 0 heterocycles. The van der Waals surface area contributed by atoms with Gasteiger partial charge in [0, 0.05) is 5.39 Å². The number of aryl methyl sites for hydroxylation is 2. The van der Waals surface area contributed by atoms with Crippen LogP contribution in [0.25, 0.3) is 10.8 Å². The number of sulfonamides is 1. The minimum atomic E-state index is -3.58. The lowest BCUT2D eigenvalue weighted by Gasteiger charge is -2.12. The summed E-state index contributed by atoms with van der Waals surface area (Å²) < 4.78 is 27.8. The molecule has 0 saturated carbocycles. The van der Waals surface area contributed by atoms with Crippen molar-refractivity contribution in [3.05, 3.63) is 71.8 Å². The lowest BCUT2D eigenvalue weighted by Crippen LogP contribution is -2.13. The molecule has 0 aliphatic rings. The molecule has 0 aliphatic carbocycles. The minimum Gasteiger partial charge on any atom is -0.279 e. The van der Waals surface area contributed by atoms with E-state index in [1.165, 1.54) is 0 Å². The molecule has 0 saturated heterocycles. The van der Waals surface area contributed by atoms with Gasteiger partial charge in [-0.05, 0) is 43.0 Å². The molecular weight excluding hydrogens is 294 g/mol. The summed E-state index contributed by atoms with van der Waals surface area (Å²) >= 11 is 0. The fourth-order valence-corrected chi connectivity index (χ4v) is 3.56. The Morgan fingerprint density at radius 1 is 0.773 bits per heavy atom. The van der Waals surface area contributed by atoms with Crippen LogP contribution in [-0.2, 0) is 10.0 Å². The summed E-state index contributed by atoms with van der Waals surface area (Å²) in [6.07, 6.45) is 0. The maximum Gasteiger partial charge on any atom is 0.261 e. The Labute approximate surface area is 130 Å². The molecule has 112 valence electrons. The van der Waals surface area contributed by atoms with Crippen molar-refractivity contribution in [1.29, 1.82) is 0 Å². The molecular formula is C18H17NO2S. The number of hydrogen-bond acceptors (Lipinski definition) is 2. The molecule has 22 heavy (non-hydrogen) atoms. The summed E-state index contributed by atoms with van der Waals surface area (Å²) in [6, 6.07) is 18.3. The zero-order valence-corrected chi connectivity index (χ0v) is 13.3. The molecule has 0 unspecified atom stereocenters. The van der Waals surface area contributed by atoms with Gasteiger partial charge in [-0.3, -0.25) is 4.72 Å². The monoisotopic (exact) mass is 311 g/mol. The van der Waals surface area contributed by atoms with Gasteiger partial charge in [-0.1, -0.05) is 48.0 Å². The second kappa shape index (κ2) is 5.46. The van der Waals surface area contributed by atoms with Gasteiger partial charge in [0.25, 0.3) is 10.0 Å². The van der Waals surface area contributed by atoms with Crippen molar-refractivity contribution in [3.8, 4) is 0 Å². The first kappa shape index (κ1) is 14.6. The van der Waals surface area contributed by atoms with E-state index >= 15 is 0 Å². The van der Waals surface area contributed by atoms with Gasteiger partial charge in [-0.2, -0.15) is 0 Å². The summed E-state index contributed by atoms with van der Waals surface area (Å²) in [5.74, 6) is 0. The summed E-state index contributed by atoms with van der Waals surface area (Å²) in [4.78, 5) is 0.266. The second-order valence-corrected chi connectivity index (χ2v) is 7.08. The normalized spacial score (nSPS) is 11.5. The Bertz CT molecular complexity index is 929. The topological polar surface area (TPSA) is 46.2 Å². The molecule has 0 fully saturated rings. The molecule has 0 spiro atoms. The molecule has 0 aliphatic heterocycles. The molecule has 0 atom stereocenters. The standard InChI is InChI=1S/C18H17NO2S/c1-13-9-11-15(12-10-13)22(20,21)19-18-8-4-6-16-14(2)5-3-7-17(16)18/h3-12,19H,1-2H3. The Hall–Kier alpha value is -2.33. The maximum absolute atomic E-state index is 12.5. The molecule has 4 heteroatoms. The van der Waals surface area contributed by atoms with E-state index in [0.717, 1.165) is 21.9 Å². The van der Waals surface area contributed by atoms with E-state index in [-0.39, 0.29) is 4.90 Å². The first-order valence-electron chi connectivity index (χ1n) is 7.05. The molecule has 0 amide bonds. The van der Waals surface area contributed by atoms with Crippen LogP contribution in [0.15, 0.2) is 65.6 Å². The van der Waals surface area contributed by atoms with Crippen LogP contribution in [-0.4, -0.2) is 8.42 Å². The van der Waals surface area contributed by atoms with Gasteiger partial charge in [0.1, 0.15) is 0 Å². The third-order valence-electron chi connectivity index (χ3n) is 3.72. The van der Waals surface area contributed by atoms with Crippen molar-refractivity contribution in [1.82, 2.24) is 0 Å². The molecule has 3 aromatic carbocycles. The van der Waals surface area contributed by atoms with E-state index < -0.39 is 10.0 Å². The lowest BCUT2D eigenvalue weighted by atomic mass is 10.0. The van der Waals surface area contributed by atoms with Gasteiger partial charge in [0.05, 0.1) is 10.6 Å². The number of anilines is 1. The van der Waals surface area contributed by atoms with Crippen LogP contribution in [0, 0.1) is 13.8 Å². The highest BCUT2D eigenvalue weighted by Gasteiger charge is 2.15. The van der Waals surface area contributed by atoms with E-state index in [1.54, 1.807) is 30.3 Å². The zero-order valence-electron chi connectivity index (χ0n) is 12.5. The van der Waals surface area contributed by atoms with Crippen LogP contribution < -0.4 is 4.72 Å². The highest BCUT2D eigenvalue weighted by Crippen LogP contribution is 2.27. The van der Waals surface area contributed by atoms with Crippen LogP contribution in [0.5, 0.6) is 0 Å². The molecule has 3 nitrogen and oxygen atoms in total. The second-order valence-electron chi connectivity index (χ2n) is 5.39. The Kier molecular flexibility index (Phi) is 3.62. The van der Waals surface area contributed by atoms with E-state index in [1.807, 2.05) is 44.2 Å². The van der Waals surface area contributed by atoms with Crippen LogP contribution in [0.4, 0.5) is 5.69 Å². The summed E-state index contributed by atoms with van der Waals surface area (Å²) in [7, 11) is -3.58. The Morgan fingerprint density at radius 3 is 2.14 bits per heavy atom. The highest BCUT2D eigenvalue weighted by atomic mass is 32.2. The Morgan fingerprint density at radius 2 is 1.41 bits per heavy atom. The van der Waals surface area contributed by atoms with Gasteiger partial charge < -0.3 is 0 Å². The van der Waals surface area contributed by atoms with Gasteiger partial charge >= 0.3 is 0 Å². The number of rotatable bonds is 3. The van der Waals surface area contributed by atoms with Crippen molar-refractivity contribution >= 4 is 26.5 Å².